The Kier molecular flexibility index (Phi) is 6.47. The molecule has 3 aromatic rings. The summed E-state index contributed by atoms with van der Waals surface area (Å²) in [7, 11) is 2.17. The second kappa shape index (κ2) is 9.61. The van der Waals surface area contributed by atoms with E-state index in [1.165, 1.54) is 5.56 Å². The number of piperazine rings is 1. The summed E-state index contributed by atoms with van der Waals surface area (Å²) >= 11 is 0. The maximum Gasteiger partial charge on any atom is 0.254 e. The second-order valence-corrected chi connectivity index (χ2v) is 7.74. The monoisotopic (exact) mass is 401 g/mol. The van der Waals surface area contributed by atoms with Crippen molar-refractivity contribution >= 4 is 5.91 Å². The predicted octanol–water partition coefficient (Wildman–Crippen LogP) is 2.82. The van der Waals surface area contributed by atoms with Gasteiger partial charge in [0.25, 0.3) is 5.91 Å². The molecule has 0 bridgehead atoms. The first-order valence-corrected chi connectivity index (χ1v) is 10.3. The number of nitrogens with one attached hydrogen (secondary N) is 1. The van der Waals surface area contributed by atoms with Gasteiger partial charge in [-0.3, -0.25) is 9.69 Å². The summed E-state index contributed by atoms with van der Waals surface area (Å²) in [4.78, 5) is 26.0. The molecule has 1 aromatic heterocycles. The Bertz CT molecular complexity index is 966. The summed E-state index contributed by atoms with van der Waals surface area (Å²) in [5.74, 6) is 0.447. The minimum absolute atomic E-state index is 0.168. The van der Waals surface area contributed by atoms with Crippen LogP contribution >= 0.6 is 0 Å². The Hall–Kier alpha value is -3.09. The maximum absolute atomic E-state index is 12.5. The molecular formula is C24H27N5O. The number of hydrogen-bond acceptors (Lipinski definition) is 5. The molecule has 2 heterocycles. The predicted molar refractivity (Wildman–Crippen MR) is 118 cm³/mol. The average molecular weight is 402 g/mol. The summed E-state index contributed by atoms with van der Waals surface area (Å²) in [6.07, 6.45) is 3.16. The highest BCUT2D eigenvalue weighted by Crippen LogP contribution is 2.14. The molecule has 1 saturated heterocycles. The van der Waals surface area contributed by atoms with Crippen molar-refractivity contribution < 1.29 is 4.79 Å². The number of nitrogens with zero attached hydrogens (tertiary/aromatic N) is 4. The molecule has 6 heteroatoms. The van der Waals surface area contributed by atoms with Crippen LogP contribution in [-0.2, 0) is 13.1 Å². The molecule has 2 aromatic carbocycles. The normalized spacial score (nSPS) is 15.1. The van der Waals surface area contributed by atoms with E-state index in [-0.39, 0.29) is 5.91 Å². The van der Waals surface area contributed by atoms with Gasteiger partial charge in [-0.05, 0) is 18.2 Å². The molecule has 0 radical (unpaired) electrons. The smallest absolute Gasteiger partial charge is 0.254 e. The van der Waals surface area contributed by atoms with Crippen LogP contribution in [0.25, 0.3) is 11.4 Å². The molecule has 0 spiro atoms. The fourth-order valence-corrected chi connectivity index (χ4v) is 3.57. The molecule has 0 saturated carbocycles. The fourth-order valence-electron chi connectivity index (χ4n) is 3.57. The zero-order valence-corrected chi connectivity index (χ0v) is 17.3. The molecule has 154 valence electrons. The van der Waals surface area contributed by atoms with Crippen molar-refractivity contribution in [1.82, 2.24) is 25.1 Å². The maximum atomic E-state index is 12.5. The van der Waals surface area contributed by atoms with Crippen molar-refractivity contribution in [3.8, 4) is 11.4 Å². The van der Waals surface area contributed by atoms with Gasteiger partial charge in [0.1, 0.15) is 0 Å². The van der Waals surface area contributed by atoms with Crippen molar-refractivity contribution in [1.29, 1.82) is 0 Å². The lowest BCUT2D eigenvalue weighted by Gasteiger charge is -2.32. The molecule has 1 N–H and O–H groups in total. The van der Waals surface area contributed by atoms with Crippen LogP contribution in [0, 0.1) is 0 Å². The molecule has 30 heavy (non-hydrogen) atoms. The largest absolute Gasteiger partial charge is 0.348 e. The minimum atomic E-state index is -0.168. The van der Waals surface area contributed by atoms with E-state index in [1.54, 1.807) is 12.4 Å². The molecule has 4 rings (SSSR count). The zero-order valence-electron chi connectivity index (χ0n) is 17.3. The fraction of sp³-hybridized carbons (Fsp3) is 0.292. The summed E-state index contributed by atoms with van der Waals surface area (Å²) in [6, 6.07) is 18.2. The summed E-state index contributed by atoms with van der Waals surface area (Å²) in [5.41, 5.74) is 3.77. The van der Waals surface area contributed by atoms with Gasteiger partial charge in [-0.25, -0.2) is 9.97 Å². The van der Waals surface area contributed by atoms with Gasteiger partial charge in [0.15, 0.2) is 5.82 Å². The quantitative estimate of drug-likeness (QED) is 0.688. The number of hydrogen-bond donors (Lipinski definition) is 1. The third kappa shape index (κ3) is 5.28. The van der Waals surface area contributed by atoms with Crippen LogP contribution < -0.4 is 5.32 Å². The summed E-state index contributed by atoms with van der Waals surface area (Å²) in [5, 5.41) is 2.97. The molecular weight excluding hydrogens is 374 g/mol. The topological polar surface area (TPSA) is 61.4 Å². The summed E-state index contributed by atoms with van der Waals surface area (Å²) in [6.45, 7) is 5.84. The first-order valence-electron chi connectivity index (χ1n) is 10.3. The highest BCUT2D eigenvalue weighted by Gasteiger charge is 2.14. The molecule has 0 aliphatic carbocycles. The third-order valence-corrected chi connectivity index (χ3v) is 5.39. The summed E-state index contributed by atoms with van der Waals surface area (Å²) < 4.78 is 0. The van der Waals surface area contributed by atoms with Gasteiger partial charge in [0.2, 0.25) is 0 Å². The standard InChI is InChI=1S/C24H27N5O/c1-28-10-12-29(13-11-28)18-20-7-5-6-19(14-20)15-27-24(30)22-16-25-23(26-17-22)21-8-3-2-4-9-21/h2-9,14,16-17H,10-13,15,18H2,1H3,(H,27,30). The van der Waals surface area contributed by atoms with Crippen molar-refractivity contribution in [2.75, 3.05) is 33.2 Å². The van der Waals surface area contributed by atoms with E-state index < -0.39 is 0 Å². The molecule has 1 amide bonds. The van der Waals surface area contributed by atoms with Gasteiger partial charge in [-0.15, -0.1) is 0 Å². The second-order valence-electron chi connectivity index (χ2n) is 7.74. The van der Waals surface area contributed by atoms with Crippen LogP contribution in [0.15, 0.2) is 67.0 Å². The Morgan fingerprint density at radius 3 is 2.37 bits per heavy atom. The van der Waals surface area contributed by atoms with E-state index in [9.17, 15) is 4.79 Å². The number of carbonyl (C=O) groups excluding carboxylic acids is 1. The van der Waals surface area contributed by atoms with Crippen molar-refractivity contribution in [2.24, 2.45) is 0 Å². The first kappa shape index (κ1) is 20.2. The number of carbonyl (C=O) groups is 1. The number of benzene rings is 2. The van der Waals surface area contributed by atoms with Gasteiger partial charge in [0.05, 0.1) is 5.56 Å². The number of likely N-dealkylation sites (N-methyl/N-ethyl adjacent to an activating group) is 1. The lowest BCUT2D eigenvalue weighted by atomic mass is 10.1. The van der Waals surface area contributed by atoms with Crippen LogP contribution in [0.1, 0.15) is 21.5 Å². The molecule has 1 fully saturated rings. The van der Waals surface area contributed by atoms with Crippen molar-refractivity contribution in [3.05, 3.63) is 83.7 Å². The Labute approximate surface area is 177 Å². The Morgan fingerprint density at radius 1 is 0.933 bits per heavy atom. The first-order chi connectivity index (χ1) is 14.7. The Morgan fingerprint density at radius 2 is 1.63 bits per heavy atom. The lowest BCUT2D eigenvalue weighted by molar-refractivity contribution is 0.0950. The van der Waals surface area contributed by atoms with E-state index >= 15 is 0 Å². The van der Waals surface area contributed by atoms with Crippen LogP contribution in [0.4, 0.5) is 0 Å². The average Bonchev–Trinajstić information content (AvgIpc) is 2.80. The van der Waals surface area contributed by atoms with Crippen LogP contribution in [0.3, 0.4) is 0 Å². The Balaban J connectivity index is 1.32. The van der Waals surface area contributed by atoms with Crippen molar-refractivity contribution in [3.63, 3.8) is 0 Å². The van der Waals surface area contributed by atoms with Crippen molar-refractivity contribution in [2.45, 2.75) is 13.1 Å². The van der Waals surface area contributed by atoms with Gasteiger partial charge in [-0.2, -0.15) is 0 Å². The third-order valence-electron chi connectivity index (χ3n) is 5.39. The number of rotatable bonds is 6. The number of amides is 1. The van der Waals surface area contributed by atoms with Crippen LogP contribution in [0.2, 0.25) is 0 Å². The SMILES string of the molecule is CN1CCN(Cc2cccc(CNC(=O)c3cnc(-c4ccccc4)nc3)c2)CC1. The molecule has 0 unspecified atom stereocenters. The molecule has 1 aliphatic rings. The highest BCUT2D eigenvalue weighted by molar-refractivity contribution is 5.93. The minimum Gasteiger partial charge on any atom is -0.348 e. The van der Waals surface area contributed by atoms with Gasteiger partial charge in [0, 0.05) is 57.2 Å². The molecule has 6 nitrogen and oxygen atoms in total. The number of aromatic nitrogens is 2. The van der Waals surface area contributed by atoms with E-state index in [0.29, 0.717) is 17.9 Å². The van der Waals surface area contributed by atoms with E-state index in [0.717, 1.165) is 43.9 Å². The molecule has 1 aliphatic heterocycles. The zero-order chi connectivity index (χ0) is 20.8. The highest BCUT2D eigenvalue weighted by atomic mass is 16.1. The van der Waals surface area contributed by atoms with E-state index in [2.05, 4.69) is 50.3 Å². The van der Waals surface area contributed by atoms with E-state index in [4.69, 9.17) is 0 Å². The lowest BCUT2D eigenvalue weighted by Crippen LogP contribution is -2.43. The van der Waals surface area contributed by atoms with Gasteiger partial charge >= 0.3 is 0 Å². The van der Waals surface area contributed by atoms with E-state index in [1.807, 2.05) is 36.4 Å². The van der Waals surface area contributed by atoms with Gasteiger partial charge in [-0.1, -0.05) is 54.6 Å². The van der Waals surface area contributed by atoms with Crippen LogP contribution in [0.5, 0.6) is 0 Å². The van der Waals surface area contributed by atoms with Gasteiger partial charge < -0.3 is 10.2 Å². The van der Waals surface area contributed by atoms with Crippen LogP contribution in [-0.4, -0.2) is 58.9 Å². The molecule has 0 atom stereocenters.